The summed E-state index contributed by atoms with van der Waals surface area (Å²) in [6, 6.07) is 9.98. The lowest BCUT2D eigenvalue weighted by atomic mass is 10.1. The van der Waals surface area contributed by atoms with Crippen LogP contribution in [-0.4, -0.2) is 55.3 Å². The summed E-state index contributed by atoms with van der Waals surface area (Å²) in [6.07, 6.45) is 0.210. The predicted octanol–water partition coefficient (Wildman–Crippen LogP) is 2.28. The summed E-state index contributed by atoms with van der Waals surface area (Å²) in [5.74, 6) is 0.836. The number of aromatic nitrogens is 1. The van der Waals surface area contributed by atoms with Crippen LogP contribution >= 0.6 is 11.6 Å². The van der Waals surface area contributed by atoms with Crippen LogP contribution in [0.1, 0.15) is 5.56 Å². The van der Waals surface area contributed by atoms with Crippen molar-refractivity contribution < 1.29 is 4.74 Å². The van der Waals surface area contributed by atoms with Crippen LogP contribution in [0.3, 0.4) is 0 Å². The Kier molecular flexibility index (Phi) is 3.61. The summed E-state index contributed by atoms with van der Waals surface area (Å²) >= 11 is 6.04. The van der Waals surface area contributed by atoms with Gasteiger partial charge in [0.1, 0.15) is 5.82 Å². The second-order valence-corrected chi connectivity index (χ2v) is 6.60. The lowest BCUT2D eigenvalue weighted by Crippen LogP contribution is -2.48. The van der Waals surface area contributed by atoms with Gasteiger partial charge in [0.25, 0.3) is 0 Å². The first-order valence-electron chi connectivity index (χ1n) is 7.73. The number of halogens is 1. The highest BCUT2D eigenvalue weighted by Crippen LogP contribution is 2.29. The molecule has 2 atom stereocenters. The zero-order chi connectivity index (χ0) is 16.0. The van der Waals surface area contributed by atoms with Crippen molar-refractivity contribution in [1.82, 2.24) is 9.88 Å². The number of ether oxygens (including phenoxy) is 1. The molecule has 0 radical (unpaired) electrons. The van der Waals surface area contributed by atoms with Crippen LogP contribution in [0.25, 0.3) is 10.9 Å². The van der Waals surface area contributed by atoms with E-state index in [0.29, 0.717) is 16.6 Å². The van der Waals surface area contributed by atoms with Gasteiger partial charge in [-0.25, -0.2) is 4.98 Å². The van der Waals surface area contributed by atoms with E-state index in [2.05, 4.69) is 22.9 Å². The normalized spacial score (nSPS) is 24.7. The molecule has 2 aromatic rings. The first kappa shape index (κ1) is 14.7. The van der Waals surface area contributed by atoms with Gasteiger partial charge in [-0.1, -0.05) is 11.6 Å². The van der Waals surface area contributed by atoms with Gasteiger partial charge in [0, 0.05) is 30.0 Å². The zero-order valence-electron chi connectivity index (χ0n) is 12.9. The maximum absolute atomic E-state index is 9.47. The van der Waals surface area contributed by atoms with Crippen molar-refractivity contribution in [3.63, 3.8) is 0 Å². The molecule has 0 amide bonds. The number of fused-ring (bicyclic) bond motifs is 2. The zero-order valence-corrected chi connectivity index (χ0v) is 13.6. The van der Waals surface area contributed by atoms with E-state index in [4.69, 9.17) is 21.3 Å². The predicted molar refractivity (Wildman–Crippen MR) is 89.8 cm³/mol. The minimum Gasteiger partial charge on any atom is -0.373 e. The maximum Gasteiger partial charge on any atom is 0.130 e. The third-order valence-corrected chi connectivity index (χ3v) is 5.02. The fourth-order valence-electron chi connectivity index (χ4n) is 3.48. The summed E-state index contributed by atoms with van der Waals surface area (Å²) in [5, 5.41) is 10.9. The molecule has 0 N–H and O–H groups in total. The van der Waals surface area contributed by atoms with E-state index in [1.165, 1.54) is 0 Å². The number of nitrogens with zero attached hydrogens (tertiary/aromatic N) is 4. The van der Waals surface area contributed by atoms with Crippen LogP contribution in [0.4, 0.5) is 5.82 Å². The van der Waals surface area contributed by atoms with Gasteiger partial charge in [-0.3, -0.25) is 4.90 Å². The molecular formula is C17H17ClN4O. The van der Waals surface area contributed by atoms with E-state index < -0.39 is 0 Å². The van der Waals surface area contributed by atoms with Crippen LogP contribution in [0.2, 0.25) is 5.02 Å². The highest BCUT2D eigenvalue weighted by Gasteiger charge is 2.39. The molecule has 1 aromatic carbocycles. The lowest BCUT2D eigenvalue weighted by Gasteiger charge is -2.33. The van der Waals surface area contributed by atoms with E-state index in [-0.39, 0.29) is 6.10 Å². The average Bonchev–Trinajstić information content (AvgIpc) is 2.99. The monoisotopic (exact) mass is 328 g/mol. The lowest BCUT2D eigenvalue weighted by molar-refractivity contribution is -0.0362. The molecule has 2 aliphatic heterocycles. The molecule has 0 bridgehead atoms. The second kappa shape index (κ2) is 5.64. The quantitative estimate of drug-likeness (QED) is 0.804. The molecule has 2 unspecified atom stereocenters. The number of hydrogen-bond acceptors (Lipinski definition) is 5. The van der Waals surface area contributed by atoms with Gasteiger partial charge in [0.05, 0.1) is 35.9 Å². The minimum atomic E-state index is 0.210. The highest BCUT2D eigenvalue weighted by molar-refractivity contribution is 6.31. The third-order valence-electron chi connectivity index (χ3n) is 4.78. The Labute approximate surface area is 140 Å². The van der Waals surface area contributed by atoms with Crippen molar-refractivity contribution in [1.29, 1.82) is 5.26 Å². The number of hydrogen-bond donors (Lipinski definition) is 0. The summed E-state index contributed by atoms with van der Waals surface area (Å²) in [4.78, 5) is 9.29. The van der Waals surface area contributed by atoms with Crippen molar-refractivity contribution in [2.45, 2.75) is 12.1 Å². The van der Waals surface area contributed by atoms with Crippen LogP contribution in [0, 0.1) is 11.3 Å². The molecule has 2 fully saturated rings. The van der Waals surface area contributed by atoms with Crippen molar-refractivity contribution in [2.24, 2.45) is 0 Å². The van der Waals surface area contributed by atoms with Crippen molar-refractivity contribution in [3.8, 4) is 6.07 Å². The van der Waals surface area contributed by atoms with E-state index in [1.807, 2.05) is 18.2 Å². The molecule has 2 saturated heterocycles. The van der Waals surface area contributed by atoms with Gasteiger partial charge in [-0.2, -0.15) is 5.26 Å². The molecule has 23 heavy (non-hydrogen) atoms. The van der Waals surface area contributed by atoms with E-state index in [9.17, 15) is 5.26 Å². The first-order chi connectivity index (χ1) is 11.2. The van der Waals surface area contributed by atoms with Crippen LogP contribution in [0.5, 0.6) is 0 Å². The standard InChI is InChI=1S/C17H17ClN4O/c1-21-4-5-23-16-10-22(9-15(16)21)17-6-11(8-19)13-7-12(18)2-3-14(13)20-17/h2-3,6-7,15-16H,4-5,9-10H2,1H3. The first-order valence-corrected chi connectivity index (χ1v) is 8.11. The summed E-state index contributed by atoms with van der Waals surface area (Å²) < 4.78 is 5.89. The van der Waals surface area contributed by atoms with Gasteiger partial charge < -0.3 is 9.64 Å². The van der Waals surface area contributed by atoms with Crippen LogP contribution in [0.15, 0.2) is 24.3 Å². The Hall–Kier alpha value is -1.87. The number of rotatable bonds is 1. The molecule has 4 rings (SSSR count). The molecule has 1 aromatic heterocycles. The summed E-state index contributed by atoms with van der Waals surface area (Å²) in [7, 11) is 2.14. The Morgan fingerprint density at radius 3 is 3.00 bits per heavy atom. The summed E-state index contributed by atoms with van der Waals surface area (Å²) in [5.41, 5.74) is 1.41. The van der Waals surface area contributed by atoms with Gasteiger partial charge in [0.15, 0.2) is 0 Å². The van der Waals surface area contributed by atoms with Crippen molar-refractivity contribution >= 4 is 28.3 Å². The number of anilines is 1. The van der Waals surface area contributed by atoms with Gasteiger partial charge in [-0.05, 0) is 31.3 Å². The number of morpholine rings is 1. The molecule has 2 aliphatic rings. The molecular weight excluding hydrogens is 312 g/mol. The smallest absolute Gasteiger partial charge is 0.130 e. The number of nitriles is 1. The van der Waals surface area contributed by atoms with Crippen LogP contribution < -0.4 is 4.90 Å². The number of benzene rings is 1. The number of likely N-dealkylation sites (N-methyl/N-ethyl adjacent to an activating group) is 1. The Balaban J connectivity index is 1.72. The highest BCUT2D eigenvalue weighted by atomic mass is 35.5. The third kappa shape index (κ3) is 2.53. The topological polar surface area (TPSA) is 52.4 Å². The Bertz CT molecular complexity index is 803. The minimum absolute atomic E-state index is 0.210. The van der Waals surface area contributed by atoms with Crippen LogP contribution in [-0.2, 0) is 4.74 Å². The van der Waals surface area contributed by atoms with E-state index >= 15 is 0 Å². The van der Waals surface area contributed by atoms with E-state index in [0.717, 1.165) is 43.0 Å². The fraction of sp³-hybridized carbons (Fsp3) is 0.412. The molecule has 0 aliphatic carbocycles. The van der Waals surface area contributed by atoms with Crippen molar-refractivity contribution in [2.75, 3.05) is 38.2 Å². The molecule has 6 heteroatoms. The molecule has 5 nitrogen and oxygen atoms in total. The number of pyridine rings is 1. The van der Waals surface area contributed by atoms with E-state index in [1.54, 1.807) is 6.07 Å². The van der Waals surface area contributed by atoms with Crippen molar-refractivity contribution in [3.05, 3.63) is 34.9 Å². The molecule has 0 spiro atoms. The Morgan fingerprint density at radius 2 is 2.22 bits per heavy atom. The molecule has 0 saturated carbocycles. The molecule has 118 valence electrons. The largest absolute Gasteiger partial charge is 0.373 e. The fourth-order valence-corrected chi connectivity index (χ4v) is 3.66. The maximum atomic E-state index is 9.47. The van der Waals surface area contributed by atoms with Gasteiger partial charge >= 0.3 is 0 Å². The van der Waals surface area contributed by atoms with Gasteiger partial charge in [-0.15, -0.1) is 0 Å². The van der Waals surface area contributed by atoms with Gasteiger partial charge in [0.2, 0.25) is 0 Å². The molecule has 3 heterocycles. The average molecular weight is 329 g/mol. The second-order valence-electron chi connectivity index (χ2n) is 6.16. The Morgan fingerprint density at radius 1 is 1.35 bits per heavy atom. The SMILES string of the molecule is CN1CCOC2CN(c3cc(C#N)c4cc(Cl)ccc4n3)CC21. The summed E-state index contributed by atoms with van der Waals surface area (Å²) in [6.45, 7) is 3.42.